The molecule has 0 saturated carbocycles. The molecule has 0 aliphatic carbocycles. The van der Waals surface area contributed by atoms with Gasteiger partial charge in [0.25, 0.3) is 5.91 Å². The fourth-order valence-electron chi connectivity index (χ4n) is 3.86. The normalized spacial score (nSPS) is 13.9. The van der Waals surface area contributed by atoms with Crippen molar-refractivity contribution in [3.8, 4) is 22.1 Å². The Bertz CT molecular complexity index is 1090. The van der Waals surface area contributed by atoms with Crippen molar-refractivity contribution in [3.05, 3.63) is 58.6 Å². The summed E-state index contributed by atoms with van der Waals surface area (Å²) < 4.78 is 10.7. The minimum atomic E-state index is -0.0106. The molecule has 0 unspecified atom stereocenters. The lowest BCUT2D eigenvalue weighted by atomic mass is 10.1. The zero-order valence-electron chi connectivity index (χ0n) is 18.3. The first-order valence-electron chi connectivity index (χ1n) is 10.3. The minimum absolute atomic E-state index is 0.0106. The molecule has 2 heterocycles. The van der Waals surface area contributed by atoms with Crippen LogP contribution < -0.4 is 14.4 Å². The number of methoxy groups -OCH3 is 2. The third-order valence-corrected chi connectivity index (χ3v) is 6.73. The third kappa shape index (κ3) is 4.23. The zero-order valence-corrected chi connectivity index (χ0v) is 19.2. The first-order valence-corrected chi connectivity index (χ1v) is 11.2. The summed E-state index contributed by atoms with van der Waals surface area (Å²) in [6.07, 6.45) is 0. The standard InChI is InChI=1S/C24H27N3O3S/c1-16-6-5-7-20(17(16)2)26-10-12-27(13-11-26)24(28)19-15-31-23(25-19)18-8-9-21(29-3)22(14-18)30-4/h5-9,14-15H,10-13H2,1-4H3. The van der Waals surface area contributed by atoms with Crippen LogP contribution >= 0.6 is 11.3 Å². The molecule has 1 aromatic heterocycles. The fourth-order valence-corrected chi connectivity index (χ4v) is 4.66. The molecule has 6 nitrogen and oxygen atoms in total. The van der Waals surface area contributed by atoms with E-state index in [4.69, 9.17) is 9.47 Å². The first-order chi connectivity index (χ1) is 15.0. The van der Waals surface area contributed by atoms with Gasteiger partial charge in [-0.1, -0.05) is 12.1 Å². The molecule has 0 atom stereocenters. The number of ether oxygens (including phenoxy) is 2. The summed E-state index contributed by atoms with van der Waals surface area (Å²) in [5.74, 6) is 1.30. The van der Waals surface area contributed by atoms with E-state index in [0.717, 1.165) is 23.7 Å². The van der Waals surface area contributed by atoms with Gasteiger partial charge < -0.3 is 19.3 Å². The van der Waals surface area contributed by atoms with Crippen molar-refractivity contribution in [2.75, 3.05) is 45.3 Å². The number of aromatic nitrogens is 1. The van der Waals surface area contributed by atoms with Gasteiger partial charge in [-0.25, -0.2) is 4.98 Å². The second-order valence-electron chi connectivity index (χ2n) is 7.61. The molecule has 0 N–H and O–H groups in total. The molecule has 0 spiro atoms. The highest BCUT2D eigenvalue weighted by atomic mass is 32.1. The molecule has 1 aliphatic heterocycles. The van der Waals surface area contributed by atoms with Crippen LogP contribution in [0.2, 0.25) is 0 Å². The van der Waals surface area contributed by atoms with Crippen LogP contribution in [0.25, 0.3) is 10.6 Å². The number of benzene rings is 2. The van der Waals surface area contributed by atoms with Crippen molar-refractivity contribution in [3.63, 3.8) is 0 Å². The Morgan fingerprint density at radius 1 is 1.00 bits per heavy atom. The Kier molecular flexibility index (Phi) is 6.13. The van der Waals surface area contributed by atoms with Crippen molar-refractivity contribution in [1.82, 2.24) is 9.88 Å². The zero-order chi connectivity index (χ0) is 22.0. The van der Waals surface area contributed by atoms with E-state index in [1.54, 1.807) is 14.2 Å². The molecule has 1 amide bonds. The van der Waals surface area contributed by atoms with Gasteiger partial charge in [0.2, 0.25) is 0 Å². The Labute approximate surface area is 187 Å². The number of piperazine rings is 1. The smallest absolute Gasteiger partial charge is 0.273 e. The van der Waals surface area contributed by atoms with E-state index < -0.39 is 0 Å². The first kappa shape index (κ1) is 21.2. The maximum Gasteiger partial charge on any atom is 0.273 e. The molecule has 0 radical (unpaired) electrons. The van der Waals surface area contributed by atoms with Crippen LogP contribution in [0.15, 0.2) is 41.8 Å². The summed E-state index contributed by atoms with van der Waals surface area (Å²) in [7, 11) is 3.22. The second-order valence-corrected chi connectivity index (χ2v) is 8.46. The number of anilines is 1. The lowest BCUT2D eigenvalue weighted by molar-refractivity contribution is 0.0742. The molecule has 1 aliphatic rings. The number of carbonyl (C=O) groups excluding carboxylic acids is 1. The van der Waals surface area contributed by atoms with E-state index in [-0.39, 0.29) is 5.91 Å². The molecule has 7 heteroatoms. The fraction of sp³-hybridized carbons (Fsp3) is 0.333. The molecule has 1 saturated heterocycles. The van der Waals surface area contributed by atoms with E-state index in [0.29, 0.717) is 30.3 Å². The topological polar surface area (TPSA) is 54.9 Å². The van der Waals surface area contributed by atoms with Crippen molar-refractivity contribution in [1.29, 1.82) is 0 Å². The van der Waals surface area contributed by atoms with Gasteiger partial charge in [0.1, 0.15) is 10.7 Å². The SMILES string of the molecule is COc1ccc(-c2nc(C(=O)N3CCN(c4cccc(C)c4C)CC3)cs2)cc1OC. The number of amides is 1. The highest BCUT2D eigenvalue weighted by Crippen LogP contribution is 2.33. The summed E-state index contributed by atoms with van der Waals surface area (Å²) in [6.45, 7) is 7.32. The van der Waals surface area contributed by atoms with Gasteiger partial charge in [-0.2, -0.15) is 0 Å². The van der Waals surface area contributed by atoms with Gasteiger partial charge in [0.05, 0.1) is 14.2 Å². The molecule has 3 aromatic rings. The minimum Gasteiger partial charge on any atom is -0.493 e. The summed E-state index contributed by atoms with van der Waals surface area (Å²) in [5, 5.41) is 2.63. The van der Waals surface area contributed by atoms with Gasteiger partial charge in [0.15, 0.2) is 11.5 Å². The van der Waals surface area contributed by atoms with Crippen LogP contribution in [0.4, 0.5) is 5.69 Å². The number of hydrogen-bond acceptors (Lipinski definition) is 6. The maximum absolute atomic E-state index is 13.0. The molecule has 31 heavy (non-hydrogen) atoms. The number of hydrogen-bond donors (Lipinski definition) is 0. The van der Waals surface area contributed by atoms with Crippen molar-refractivity contribution >= 4 is 22.9 Å². The van der Waals surface area contributed by atoms with Crippen molar-refractivity contribution in [2.24, 2.45) is 0 Å². The van der Waals surface area contributed by atoms with Gasteiger partial charge in [-0.05, 0) is 49.2 Å². The molecule has 162 valence electrons. The highest BCUT2D eigenvalue weighted by molar-refractivity contribution is 7.13. The molecule has 4 rings (SSSR count). The molecule has 2 aromatic carbocycles. The Morgan fingerprint density at radius 3 is 2.45 bits per heavy atom. The monoisotopic (exact) mass is 437 g/mol. The molecule has 0 bridgehead atoms. The van der Waals surface area contributed by atoms with Crippen molar-refractivity contribution < 1.29 is 14.3 Å². The summed E-state index contributed by atoms with van der Waals surface area (Å²) in [5.41, 5.74) is 5.26. The number of aryl methyl sites for hydroxylation is 1. The molecular formula is C24H27N3O3S. The third-order valence-electron chi connectivity index (χ3n) is 5.84. The summed E-state index contributed by atoms with van der Waals surface area (Å²) in [6, 6.07) is 12.1. The highest BCUT2D eigenvalue weighted by Gasteiger charge is 2.25. The van der Waals surface area contributed by atoms with E-state index in [9.17, 15) is 4.79 Å². The van der Waals surface area contributed by atoms with Crippen LogP contribution in [-0.2, 0) is 0 Å². The average Bonchev–Trinajstić information content (AvgIpc) is 3.30. The van der Waals surface area contributed by atoms with E-state index >= 15 is 0 Å². The molecule has 1 fully saturated rings. The predicted octanol–water partition coefficient (Wildman–Crippen LogP) is 4.41. The number of thiazole rings is 1. The quantitative estimate of drug-likeness (QED) is 0.592. The Balaban J connectivity index is 1.45. The molecular weight excluding hydrogens is 410 g/mol. The van der Waals surface area contributed by atoms with E-state index in [1.807, 2.05) is 28.5 Å². The second kappa shape index (κ2) is 8.98. The maximum atomic E-state index is 13.0. The number of rotatable bonds is 5. The lowest BCUT2D eigenvalue weighted by Gasteiger charge is -2.36. The van der Waals surface area contributed by atoms with E-state index in [2.05, 4.69) is 41.9 Å². The lowest BCUT2D eigenvalue weighted by Crippen LogP contribution is -2.49. The van der Waals surface area contributed by atoms with Crippen LogP contribution in [0, 0.1) is 13.8 Å². The van der Waals surface area contributed by atoms with Crippen LogP contribution in [-0.4, -0.2) is 56.2 Å². The Morgan fingerprint density at radius 2 is 1.74 bits per heavy atom. The van der Waals surface area contributed by atoms with Crippen LogP contribution in [0.5, 0.6) is 11.5 Å². The average molecular weight is 438 g/mol. The van der Waals surface area contributed by atoms with Crippen LogP contribution in [0.3, 0.4) is 0 Å². The van der Waals surface area contributed by atoms with Gasteiger partial charge in [-0.15, -0.1) is 11.3 Å². The summed E-state index contributed by atoms with van der Waals surface area (Å²) >= 11 is 1.46. The number of nitrogens with zero attached hydrogens (tertiary/aromatic N) is 3. The van der Waals surface area contributed by atoms with Crippen LogP contribution in [0.1, 0.15) is 21.6 Å². The van der Waals surface area contributed by atoms with Crippen molar-refractivity contribution in [2.45, 2.75) is 13.8 Å². The van der Waals surface area contributed by atoms with Gasteiger partial charge >= 0.3 is 0 Å². The predicted molar refractivity (Wildman–Crippen MR) is 125 cm³/mol. The van der Waals surface area contributed by atoms with Gasteiger partial charge in [-0.3, -0.25) is 4.79 Å². The summed E-state index contributed by atoms with van der Waals surface area (Å²) in [4.78, 5) is 21.9. The largest absolute Gasteiger partial charge is 0.493 e. The van der Waals surface area contributed by atoms with E-state index in [1.165, 1.54) is 28.2 Å². The van der Waals surface area contributed by atoms with Gasteiger partial charge in [0, 0.05) is 42.8 Å². The Hall–Kier alpha value is -3.06. The number of carbonyl (C=O) groups is 1.